The first-order valence-electron chi connectivity index (χ1n) is 8.40. The van der Waals surface area contributed by atoms with E-state index in [2.05, 4.69) is 10.2 Å². The Balaban J connectivity index is 1.50. The third-order valence-electron chi connectivity index (χ3n) is 4.49. The molecule has 8 heteroatoms. The first-order chi connectivity index (χ1) is 12.5. The fourth-order valence-corrected chi connectivity index (χ4v) is 3.28. The third kappa shape index (κ3) is 4.53. The number of halogens is 1. The largest absolute Gasteiger partial charge is 0.338 e. The normalized spacial score (nSPS) is 14.9. The molecule has 0 atom stereocenters. The van der Waals surface area contributed by atoms with Crippen LogP contribution in [0.3, 0.4) is 0 Å². The molecule has 1 aliphatic rings. The Morgan fingerprint density at radius 1 is 1.19 bits per heavy atom. The maximum Gasteiger partial charge on any atom is 0.269 e. The summed E-state index contributed by atoms with van der Waals surface area (Å²) in [5.41, 5.74) is 1.51. The number of non-ortho nitro benzene ring substituents is 1. The number of nitro groups is 1. The molecule has 2 aromatic rings. The van der Waals surface area contributed by atoms with Crippen LogP contribution in [-0.4, -0.2) is 41.1 Å². The Kier molecular flexibility index (Phi) is 5.75. The van der Waals surface area contributed by atoms with Crippen LogP contribution < -0.4 is 10.2 Å². The molecule has 6 nitrogen and oxygen atoms in total. The SMILES string of the molecule is O=[N+]([O-])c1ccc(NC(=S)N2CC[NH+](Cc3ccccc3F)CC2)cc1. The minimum absolute atomic E-state index is 0.0480. The summed E-state index contributed by atoms with van der Waals surface area (Å²) in [4.78, 5) is 13.7. The zero-order chi connectivity index (χ0) is 18.5. The molecule has 1 aliphatic heterocycles. The predicted molar refractivity (Wildman–Crippen MR) is 102 cm³/mol. The van der Waals surface area contributed by atoms with Gasteiger partial charge in [-0.3, -0.25) is 10.1 Å². The molecule has 0 radical (unpaired) electrons. The summed E-state index contributed by atoms with van der Waals surface area (Å²) in [5, 5.41) is 14.4. The van der Waals surface area contributed by atoms with Gasteiger partial charge in [0, 0.05) is 23.4 Å². The second-order valence-electron chi connectivity index (χ2n) is 6.24. The van der Waals surface area contributed by atoms with Crippen molar-refractivity contribution in [1.29, 1.82) is 0 Å². The van der Waals surface area contributed by atoms with Crippen LogP contribution in [0, 0.1) is 15.9 Å². The van der Waals surface area contributed by atoms with Gasteiger partial charge in [-0.1, -0.05) is 18.2 Å². The second kappa shape index (κ2) is 8.20. The van der Waals surface area contributed by atoms with Gasteiger partial charge < -0.3 is 15.1 Å². The van der Waals surface area contributed by atoms with Crippen LogP contribution in [0.4, 0.5) is 15.8 Å². The van der Waals surface area contributed by atoms with Gasteiger partial charge in [0.1, 0.15) is 12.4 Å². The number of anilines is 1. The van der Waals surface area contributed by atoms with Crippen LogP contribution in [0.1, 0.15) is 5.56 Å². The number of nitrogens with zero attached hydrogens (tertiary/aromatic N) is 2. The molecule has 0 unspecified atom stereocenters. The Morgan fingerprint density at radius 2 is 1.85 bits per heavy atom. The van der Waals surface area contributed by atoms with E-state index in [0.717, 1.165) is 37.4 Å². The molecule has 1 fully saturated rings. The smallest absolute Gasteiger partial charge is 0.269 e. The van der Waals surface area contributed by atoms with Crippen molar-refractivity contribution in [3.63, 3.8) is 0 Å². The summed E-state index contributed by atoms with van der Waals surface area (Å²) >= 11 is 5.44. The molecule has 136 valence electrons. The topological polar surface area (TPSA) is 62.9 Å². The van der Waals surface area contributed by atoms with E-state index >= 15 is 0 Å². The summed E-state index contributed by atoms with van der Waals surface area (Å²) in [6.07, 6.45) is 0. The predicted octanol–water partition coefficient (Wildman–Crippen LogP) is 1.83. The van der Waals surface area contributed by atoms with Crippen LogP contribution in [0.2, 0.25) is 0 Å². The van der Waals surface area contributed by atoms with Crippen molar-refractivity contribution in [2.45, 2.75) is 6.54 Å². The third-order valence-corrected chi connectivity index (χ3v) is 4.85. The van der Waals surface area contributed by atoms with Crippen molar-refractivity contribution in [2.24, 2.45) is 0 Å². The van der Waals surface area contributed by atoms with Gasteiger partial charge in [0.25, 0.3) is 5.69 Å². The molecule has 0 aromatic heterocycles. The molecule has 0 bridgehead atoms. The Hall–Kier alpha value is -2.58. The van der Waals surface area contributed by atoms with Crippen LogP contribution in [0.15, 0.2) is 48.5 Å². The van der Waals surface area contributed by atoms with Crippen LogP contribution in [0.5, 0.6) is 0 Å². The van der Waals surface area contributed by atoms with Gasteiger partial charge in [-0.15, -0.1) is 0 Å². The standard InChI is InChI=1S/C18H19FN4O2S/c19-17-4-2-1-3-14(17)13-21-9-11-22(12-10-21)18(26)20-15-5-7-16(8-6-15)23(24)25/h1-8H,9-13H2,(H,20,26)/p+1. The number of quaternary nitrogens is 1. The molecule has 0 amide bonds. The highest BCUT2D eigenvalue weighted by molar-refractivity contribution is 7.80. The van der Waals surface area contributed by atoms with Gasteiger partial charge in [0.2, 0.25) is 0 Å². The van der Waals surface area contributed by atoms with E-state index in [0.29, 0.717) is 11.7 Å². The maximum atomic E-state index is 13.8. The van der Waals surface area contributed by atoms with Gasteiger partial charge in [-0.2, -0.15) is 0 Å². The molecular formula is C18H20FN4O2S+. The molecule has 26 heavy (non-hydrogen) atoms. The highest BCUT2D eigenvalue weighted by Gasteiger charge is 2.22. The molecule has 0 spiro atoms. The van der Waals surface area contributed by atoms with E-state index in [1.165, 1.54) is 23.1 Å². The fraction of sp³-hybridized carbons (Fsp3) is 0.278. The second-order valence-corrected chi connectivity index (χ2v) is 6.63. The van der Waals surface area contributed by atoms with Crippen molar-refractivity contribution in [3.8, 4) is 0 Å². The van der Waals surface area contributed by atoms with Crippen molar-refractivity contribution in [1.82, 2.24) is 4.90 Å². The molecular weight excluding hydrogens is 355 g/mol. The van der Waals surface area contributed by atoms with Gasteiger partial charge >= 0.3 is 0 Å². The minimum atomic E-state index is -0.431. The Bertz CT molecular complexity index is 792. The summed E-state index contributed by atoms with van der Waals surface area (Å²) in [6.45, 7) is 3.97. The van der Waals surface area contributed by atoms with Gasteiger partial charge in [0.15, 0.2) is 5.11 Å². The van der Waals surface area contributed by atoms with E-state index in [-0.39, 0.29) is 11.5 Å². The number of thiocarbonyl (C=S) groups is 1. The van der Waals surface area contributed by atoms with Crippen molar-refractivity contribution in [3.05, 3.63) is 70.0 Å². The lowest BCUT2D eigenvalue weighted by atomic mass is 10.2. The first-order valence-corrected chi connectivity index (χ1v) is 8.81. The fourth-order valence-electron chi connectivity index (χ4n) is 2.98. The quantitative estimate of drug-likeness (QED) is 0.485. The van der Waals surface area contributed by atoms with Crippen molar-refractivity contribution >= 4 is 28.7 Å². The number of nitro benzene ring substituents is 1. The average Bonchev–Trinajstić information content (AvgIpc) is 2.64. The van der Waals surface area contributed by atoms with E-state index in [1.54, 1.807) is 18.2 Å². The van der Waals surface area contributed by atoms with Crippen LogP contribution >= 0.6 is 12.2 Å². The highest BCUT2D eigenvalue weighted by atomic mass is 32.1. The lowest BCUT2D eigenvalue weighted by Gasteiger charge is -2.34. The van der Waals surface area contributed by atoms with E-state index in [1.807, 2.05) is 12.1 Å². The molecule has 3 rings (SSSR count). The van der Waals surface area contributed by atoms with E-state index in [4.69, 9.17) is 12.2 Å². The van der Waals surface area contributed by atoms with E-state index < -0.39 is 4.92 Å². The highest BCUT2D eigenvalue weighted by Crippen LogP contribution is 2.16. The molecule has 1 saturated heterocycles. The number of hydrogen-bond donors (Lipinski definition) is 2. The lowest BCUT2D eigenvalue weighted by molar-refractivity contribution is -0.917. The van der Waals surface area contributed by atoms with Crippen molar-refractivity contribution in [2.75, 3.05) is 31.5 Å². The first kappa shape index (κ1) is 18.2. The Morgan fingerprint density at radius 3 is 2.46 bits per heavy atom. The number of rotatable bonds is 4. The molecule has 0 aliphatic carbocycles. The number of benzene rings is 2. The van der Waals surface area contributed by atoms with Gasteiger partial charge in [-0.25, -0.2) is 4.39 Å². The van der Waals surface area contributed by atoms with Crippen LogP contribution in [0.25, 0.3) is 0 Å². The van der Waals surface area contributed by atoms with Gasteiger partial charge in [-0.05, 0) is 30.4 Å². The van der Waals surface area contributed by atoms with Gasteiger partial charge in [0.05, 0.1) is 31.1 Å². The number of piperazine rings is 1. The number of hydrogen-bond acceptors (Lipinski definition) is 3. The minimum Gasteiger partial charge on any atom is -0.338 e. The lowest BCUT2D eigenvalue weighted by Crippen LogP contribution is -3.13. The molecule has 2 aromatic carbocycles. The molecule has 2 N–H and O–H groups in total. The average molecular weight is 375 g/mol. The summed E-state index contributed by atoms with van der Waals surface area (Å²) in [7, 11) is 0. The Labute approximate surface area is 156 Å². The summed E-state index contributed by atoms with van der Waals surface area (Å²) < 4.78 is 13.8. The monoisotopic (exact) mass is 375 g/mol. The number of nitrogens with one attached hydrogen (secondary N) is 2. The summed E-state index contributed by atoms with van der Waals surface area (Å²) in [5.74, 6) is -0.155. The summed E-state index contributed by atoms with van der Waals surface area (Å²) in [6, 6.07) is 13.1. The van der Waals surface area contributed by atoms with Crippen LogP contribution in [-0.2, 0) is 6.54 Å². The zero-order valence-corrected chi connectivity index (χ0v) is 15.0. The van der Waals surface area contributed by atoms with E-state index in [9.17, 15) is 14.5 Å². The molecule has 1 heterocycles. The zero-order valence-electron chi connectivity index (χ0n) is 14.2. The van der Waals surface area contributed by atoms with Crippen molar-refractivity contribution < 1.29 is 14.2 Å². The maximum absolute atomic E-state index is 13.8. The molecule has 0 saturated carbocycles.